The second-order valence-electron chi connectivity index (χ2n) is 3.19. The van der Waals surface area contributed by atoms with Crippen molar-refractivity contribution in [2.24, 2.45) is 0 Å². The predicted octanol–water partition coefficient (Wildman–Crippen LogP) is 4.47. The molecule has 0 amide bonds. The lowest BCUT2D eigenvalue weighted by Gasteiger charge is -2.08. The summed E-state index contributed by atoms with van der Waals surface area (Å²) in [6.07, 6.45) is 0. The molecule has 0 aliphatic heterocycles. The third-order valence-electron chi connectivity index (χ3n) is 2.42. The van der Waals surface area contributed by atoms with Crippen LogP contribution < -0.4 is 0 Å². The van der Waals surface area contributed by atoms with E-state index in [1.807, 2.05) is 6.07 Å². The van der Waals surface area contributed by atoms with E-state index in [1.165, 1.54) is 21.9 Å². The van der Waals surface area contributed by atoms with Crippen molar-refractivity contribution < 1.29 is 0 Å². The molecule has 72 valence electrons. The van der Waals surface area contributed by atoms with Gasteiger partial charge in [0, 0.05) is 11.2 Å². The zero-order valence-electron chi connectivity index (χ0n) is 7.63. The maximum absolute atomic E-state index is 5.97. The molecule has 0 fully saturated rings. The van der Waals surface area contributed by atoms with Gasteiger partial charge in [-0.25, -0.2) is 0 Å². The SMILES string of the molecule is ClCc1c(CBr)ccc2ccccc12. The molecule has 0 aromatic heterocycles. The molecule has 0 spiro atoms. The summed E-state index contributed by atoms with van der Waals surface area (Å²) in [5.74, 6) is 0.572. The molecule has 0 atom stereocenters. The van der Waals surface area contributed by atoms with Crippen LogP contribution in [0.15, 0.2) is 36.4 Å². The summed E-state index contributed by atoms with van der Waals surface area (Å²) in [7, 11) is 0. The first kappa shape index (κ1) is 10.0. The van der Waals surface area contributed by atoms with Crippen molar-refractivity contribution in [3.8, 4) is 0 Å². The molecule has 0 saturated carbocycles. The van der Waals surface area contributed by atoms with Crippen LogP contribution >= 0.6 is 27.5 Å². The molecule has 0 nitrogen and oxygen atoms in total. The highest BCUT2D eigenvalue weighted by molar-refractivity contribution is 9.08. The number of halogens is 2. The van der Waals surface area contributed by atoms with E-state index in [-0.39, 0.29) is 0 Å². The van der Waals surface area contributed by atoms with Crippen LogP contribution in [0.4, 0.5) is 0 Å². The van der Waals surface area contributed by atoms with E-state index >= 15 is 0 Å². The molecule has 0 N–H and O–H groups in total. The molecule has 2 aromatic carbocycles. The van der Waals surface area contributed by atoms with Crippen LogP contribution in [-0.4, -0.2) is 0 Å². The zero-order chi connectivity index (χ0) is 9.97. The van der Waals surface area contributed by atoms with Gasteiger partial charge < -0.3 is 0 Å². The van der Waals surface area contributed by atoms with Gasteiger partial charge in [0.1, 0.15) is 0 Å². The van der Waals surface area contributed by atoms with Crippen LogP contribution in [0.2, 0.25) is 0 Å². The minimum absolute atomic E-state index is 0.572. The van der Waals surface area contributed by atoms with Crippen LogP contribution in [0.5, 0.6) is 0 Å². The molecule has 0 aliphatic carbocycles. The molecule has 2 rings (SSSR count). The molecular formula is C12H10BrCl. The van der Waals surface area contributed by atoms with Gasteiger partial charge in [-0.2, -0.15) is 0 Å². The topological polar surface area (TPSA) is 0 Å². The predicted molar refractivity (Wildman–Crippen MR) is 66.1 cm³/mol. The Bertz CT molecular complexity index is 451. The number of hydrogen-bond donors (Lipinski definition) is 0. The molecule has 2 aromatic rings. The maximum atomic E-state index is 5.97. The van der Waals surface area contributed by atoms with Crippen molar-refractivity contribution in [2.75, 3.05) is 0 Å². The van der Waals surface area contributed by atoms with Gasteiger partial charge in [0.2, 0.25) is 0 Å². The molecule has 2 heteroatoms. The Kier molecular flexibility index (Phi) is 3.09. The Morgan fingerprint density at radius 3 is 2.57 bits per heavy atom. The summed E-state index contributed by atoms with van der Waals surface area (Å²) in [6.45, 7) is 0. The van der Waals surface area contributed by atoms with Gasteiger partial charge >= 0.3 is 0 Å². The molecule has 0 heterocycles. The number of alkyl halides is 2. The quantitative estimate of drug-likeness (QED) is 0.706. The summed E-state index contributed by atoms with van der Waals surface area (Å²) >= 11 is 9.45. The molecule has 0 aliphatic rings. The van der Waals surface area contributed by atoms with Gasteiger partial charge in [-0.15, -0.1) is 11.6 Å². The third-order valence-corrected chi connectivity index (χ3v) is 3.29. The first-order chi connectivity index (χ1) is 6.86. The zero-order valence-corrected chi connectivity index (χ0v) is 9.98. The van der Waals surface area contributed by atoms with E-state index < -0.39 is 0 Å². The first-order valence-electron chi connectivity index (χ1n) is 4.48. The second-order valence-corrected chi connectivity index (χ2v) is 4.02. The van der Waals surface area contributed by atoms with Crippen molar-refractivity contribution in [1.82, 2.24) is 0 Å². The van der Waals surface area contributed by atoms with E-state index in [1.54, 1.807) is 0 Å². The van der Waals surface area contributed by atoms with Crippen LogP contribution in [0, 0.1) is 0 Å². The fourth-order valence-electron chi connectivity index (χ4n) is 1.66. The smallest absolute Gasteiger partial charge is 0.0483 e. The van der Waals surface area contributed by atoms with Gasteiger partial charge in [0.25, 0.3) is 0 Å². The summed E-state index contributed by atoms with van der Waals surface area (Å²) in [5, 5.41) is 3.38. The minimum atomic E-state index is 0.572. The molecular weight excluding hydrogens is 259 g/mol. The number of fused-ring (bicyclic) bond motifs is 1. The van der Waals surface area contributed by atoms with E-state index in [0.29, 0.717) is 5.88 Å². The molecule has 0 unspecified atom stereocenters. The van der Waals surface area contributed by atoms with E-state index in [9.17, 15) is 0 Å². The lowest BCUT2D eigenvalue weighted by Crippen LogP contribution is -1.89. The van der Waals surface area contributed by atoms with Crippen molar-refractivity contribution >= 4 is 38.3 Å². The van der Waals surface area contributed by atoms with Gasteiger partial charge in [0.15, 0.2) is 0 Å². The Hall–Kier alpha value is -0.530. The Morgan fingerprint density at radius 1 is 1.07 bits per heavy atom. The van der Waals surface area contributed by atoms with Crippen LogP contribution in [0.3, 0.4) is 0 Å². The fraction of sp³-hybridized carbons (Fsp3) is 0.167. The number of benzene rings is 2. The molecule has 14 heavy (non-hydrogen) atoms. The van der Waals surface area contributed by atoms with Gasteiger partial charge in [0.05, 0.1) is 0 Å². The maximum Gasteiger partial charge on any atom is 0.0483 e. The summed E-state index contributed by atoms with van der Waals surface area (Å²) in [6, 6.07) is 12.6. The summed E-state index contributed by atoms with van der Waals surface area (Å²) < 4.78 is 0. The summed E-state index contributed by atoms with van der Waals surface area (Å²) in [5.41, 5.74) is 2.51. The van der Waals surface area contributed by atoms with E-state index in [4.69, 9.17) is 11.6 Å². The average molecular weight is 270 g/mol. The van der Waals surface area contributed by atoms with Gasteiger partial charge in [-0.05, 0) is 21.9 Å². The average Bonchev–Trinajstić information content (AvgIpc) is 2.27. The van der Waals surface area contributed by atoms with Crippen LogP contribution in [0.1, 0.15) is 11.1 Å². The molecule has 0 radical (unpaired) electrons. The molecule has 0 bridgehead atoms. The lowest BCUT2D eigenvalue weighted by molar-refractivity contribution is 1.32. The monoisotopic (exact) mass is 268 g/mol. The van der Waals surface area contributed by atoms with Crippen molar-refractivity contribution in [3.05, 3.63) is 47.5 Å². The van der Waals surface area contributed by atoms with Crippen LogP contribution in [-0.2, 0) is 11.2 Å². The van der Waals surface area contributed by atoms with Gasteiger partial charge in [-0.3, -0.25) is 0 Å². The molecule has 0 saturated heterocycles. The minimum Gasteiger partial charge on any atom is -0.122 e. The highest BCUT2D eigenvalue weighted by Crippen LogP contribution is 2.25. The Morgan fingerprint density at radius 2 is 1.86 bits per heavy atom. The Balaban J connectivity index is 2.77. The number of hydrogen-bond acceptors (Lipinski definition) is 0. The summed E-state index contributed by atoms with van der Waals surface area (Å²) in [4.78, 5) is 0. The highest BCUT2D eigenvalue weighted by atomic mass is 79.9. The lowest BCUT2D eigenvalue weighted by atomic mass is 10.0. The standard InChI is InChI=1S/C12H10BrCl/c13-7-10-6-5-9-3-1-2-4-11(9)12(10)8-14/h1-6H,7-8H2. The Labute approximate surface area is 97.0 Å². The largest absolute Gasteiger partial charge is 0.122 e. The third kappa shape index (κ3) is 1.67. The first-order valence-corrected chi connectivity index (χ1v) is 6.14. The van der Waals surface area contributed by atoms with E-state index in [2.05, 4.69) is 46.3 Å². The fourth-order valence-corrected chi connectivity index (χ4v) is 2.51. The van der Waals surface area contributed by atoms with Crippen molar-refractivity contribution in [1.29, 1.82) is 0 Å². The highest BCUT2D eigenvalue weighted by Gasteiger charge is 2.04. The van der Waals surface area contributed by atoms with Crippen molar-refractivity contribution in [3.63, 3.8) is 0 Å². The van der Waals surface area contributed by atoms with Crippen molar-refractivity contribution in [2.45, 2.75) is 11.2 Å². The second kappa shape index (κ2) is 4.33. The van der Waals surface area contributed by atoms with Gasteiger partial charge in [-0.1, -0.05) is 52.3 Å². The number of rotatable bonds is 2. The van der Waals surface area contributed by atoms with E-state index in [0.717, 1.165) is 5.33 Å². The normalized spacial score (nSPS) is 10.7. The van der Waals surface area contributed by atoms with Crippen LogP contribution in [0.25, 0.3) is 10.8 Å².